The molecule has 0 unspecified atom stereocenters. The first-order valence-corrected chi connectivity index (χ1v) is 4.99. The van der Waals surface area contributed by atoms with Gasteiger partial charge in [-0.1, -0.05) is 0 Å². The Kier molecular flexibility index (Phi) is 2.12. The lowest BCUT2D eigenvalue weighted by molar-refractivity contribution is 0.481. The second-order valence-electron chi connectivity index (χ2n) is 4.16. The zero-order valence-electron chi connectivity index (χ0n) is 8.33. The smallest absolute Gasteiger partial charge is 0.0525 e. The van der Waals surface area contributed by atoms with E-state index in [4.69, 9.17) is 5.73 Å². The third-order valence-corrected chi connectivity index (χ3v) is 2.71. The molecule has 1 atom stereocenters. The van der Waals surface area contributed by atoms with Crippen LogP contribution in [0.3, 0.4) is 0 Å². The van der Waals surface area contributed by atoms with Crippen molar-refractivity contribution < 1.29 is 0 Å². The zero-order chi connectivity index (χ0) is 9.42. The Morgan fingerprint density at radius 3 is 3.08 bits per heavy atom. The Labute approximate surface area is 78.9 Å². The van der Waals surface area contributed by atoms with Crippen molar-refractivity contribution in [1.29, 1.82) is 0 Å². The number of hydrogen-bond acceptors (Lipinski definition) is 2. The highest BCUT2D eigenvalue weighted by atomic mass is 15.3. The van der Waals surface area contributed by atoms with Crippen molar-refractivity contribution in [3.63, 3.8) is 0 Å². The molecule has 1 aliphatic rings. The maximum atomic E-state index is 5.90. The van der Waals surface area contributed by atoms with Gasteiger partial charge in [-0.15, -0.1) is 0 Å². The Balaban J connectivity index is 2.33. The number of hydrogen-bond donors (Lipinski definition) is 1. The summed E-state index contributed by atoms with van der Waals surface area (Å²) in [6, 6.07) is 0.815. The van der Waals surface area contributed by atoms with Gasteiger partial charge in [0.2, 0.25) is 0 Å². The summed E-state index contributed by atoms with van der Waals surface area (Å²) in [6.07, 6.45) is 5.18. The SMILES string of the molecule is CC(C)n1ncc2c1CC[C@@H](N)C2. The monoisotopic (exact) mass is 179 g/mol. The molecule has 2 N–H and O–H groups in total. The van der Waals surface area contributed by atoms with Crippen LogP contribution in [0.15, 0.2) is 6.20 Å². The van der Waals surface area contributed by atoms with Gasteiger partial charge in [-0.2, -0.15) is 5.10 Å². The Bertz CT molecular complexity index is 301. The summed E-state index contributed by atoms with van der Waals surface area (Å²) in [5.41, 5.74) is 8.65. The first kappa shape index (κ1) is 8.75. The van der Waals surface area contributed by atoms with Gasteiger partial charge in [-0.25, -0.2) is 0 Å². The first-order valence-electron chi connectivity index (χ1n) is 4.99. The van der Waals surface area contributed by atoms with Crippen molar-refractivity contribution in [2.45, 2.75) is 45.2 Å². The van der Waals surface area contributed by atoms with E-state index in [-0.39, 0.29) is 0 Å². The van der Waals surface area contributed by atoms with Gasteiger partial charge in [0.25, 0.3) is 0 Å². The molecule has 1 aromatic heterocycles. The van der Waals surface area contributed by atoms with E-state index < -0.39 is 0 Å². The van der Waals surface area contributed by atoms with E-state index in [0.29, 0.717) is 12.1 Å². The van der Waals surface area contributed by atoms with Gasteiger partial charge in [0.05, 0.1) is 6.20 Å². The minimum Gasteiger partial charge on any atom is -0.327 e. The number of aromatic nitrogens is 2. The van der Waals surface area contributed by atoms with E-state index in [1.807, 2.05) is 6.20 Å². The number of rotatable bonds is 1. The predicted octanol–water partition coefficient (Wildman–Crippen LogP) is 1.28. The second-order valence-corrected chi connectivity index (χ2v) is 4.16. The molecule has 0 amide bonds. The molecular weight excluding hydrogens is 162 g/mol. The van der Waals surface area contributed by atoms with Gasteiger partial charge in [-0.3, -0.25) is 4.68 Å². The van der Waals surface area contributed by atoms with E-state index in [1.165, 1.54) is 11.3 Å². The van der Waals surface area contributed by atoms with Gasteiger partial charge >= 0.3 is 0 Å². The van der Waals surface area contributed by atoms with Crippen LogP contribution in [-0.2, 0) is 12.8 Å². The van der Waals surface area contributed by atoms with Crippen LogP contribution in [-0.4, -0.2) is 15.8 Å². The van der Waals surface area contributed by atoms with Crippen molar-refractivity contribution in [2.75, 3.05) is 0 Å². The molecule has 0 spiro atoms. The summed E-state index contributed by atoms with van der Waals surface area (Å²) in [6.45, 7) is 4.34. The molecule has 72 valence electrons. The molecule has 1 heterocycles. The molecule has 0 bridgehead atoms. The first-order chi connectivity index (χ1) is 6.18. The van der Waals surface area contributed by atoms with Crippen LogP contribution in [0, 0.1) is 0 Å². The molecule has 2 rings (SSSR count). The van der Waals surface area contributed by atoms with E-state index in [9.17, 15) is 0 Å². The van der Waals surface area contributed by atoms with Gasteiger partial charge in [0.15, 0.2) is 0 Å². The summed E-state index contributed by atoms with van der Waals surface area (Å²) >= 11 is 0. The molecule has 13 heavy (non-hydrogen) atoms. The molecule has 0 radical (unpaired) electrons. The highest BCUT2D eigenvalue weighted by Gasteiger charge is 2.20. The minimum atomic E-state index is 0.345. The fourth-order valence-corrected chi connectivity index (χ4v) is 2.02. The molecule has 3 heteroatoms. The van der Waals surface area contributed by atoms with Crippen molar-refractivity contribution in [3.8, 4) is 0 Å². The van der Waals surface area contributed by atoms with E-state index in [0.717, 1.165) is 19.3 Å². The van der Waals surface area contributed by atoms with Crippen LogP contribution in [0.2, 0.25) is 0 Å². The predicted molar refractivity (Wildman–Crippen MR) is 52.6 cm³/mol. The van der Waals surface area contributed by atoms with Crippen molar-refractivity contribution in [1.82, 2.24) is 9.78 Å². The lowest BCUT2D eigenvalue weighted by Crippen LogP contribution is -2.28. The molecule has 0 saturated heterocycles. The van der Waals surface area contributed by atoms with Gasteiger partial charge < -0.3 is 5.73 Å². The van der Waals surface area contributed by atoms with Crippen LogP contribution in [0.25, 0.3) is 0 Å². The van der Waals surface area contributed by atoms with Crippen LogP contribution < -0.4 is 5.73 Å². The standard InChI is InChI=1S/C10H17N3/c1-7(2)13-10-4-3-9(11)5-8(10)6-12-13/h6-7,9H,3-5,11H2,1-2H3/t9-/m1/s1. The van der Waals surface area contributed by atoms with E-state index >= 15 is 0 Å². The van der Waals surface area contributed by atoms with E-state index in [2.05, 4.69) is 23.6 Å². The Hall–Kier alpha value is -0.830. The molecule has 0 aromatic carbocycles. The molecule has 1 aliphatic carbocycles. The summed E-state index contributed by atoms with van der Waals surface area (Å²) in [7, 11) is 0. The van der Waals surface area contributed by atoms with Crippen LogP contribution in [0.1, 0.15) is 37.6 Å². The highest BCUT2D eigenvalue weighted by Crippen LogP contribution is 2.22. The average molecular weight is 179 g/mol. The number of nitrogens with two attached hydrogens (primary N) is 1. The fraction of sp³-hybridized carbons (Fsp3) is 0.700. The lowest BCUT2D eigenvalue weighted by Gasteiger charge is -2.20. The van der Waals surface area contributed by atoms with E-state index in [1.54, 1.807) is 0 Å². The topological polar surface area (TPSA) is 43.8 Å². The maximum Gasteiger partial charge on any atom is 0.0525 e. The quantitative estimate of drug-likeness (QED) is 0.705. The molecule has 0 fully saturated rings. The summed E-state index contributed by atoms with van der Waals surface area (Å²) in [5.74, 6) is 0. The Morgan fingerprint density at radius 2 is 2.38 bits per heavy atom. The lowest BCUT2D eigenvalue weighted by atomic mass is 9.94. The average Bonchev–Trinajstić information content (AvgIpc) is 2.46. The Morgan fingerprint density at radius 1 is 1.62 bits per heavy atom. The van der Waals surface area contributed by atoms with Crippen LogP contribution in [0.4, 0.5) is 0 Å². The van der Waals surface area contributed by atoms with Crippen LogP contribution >= 0.6 is 0 Å². The number of nitrogens with zero attached hydrogens (tertiary/aromatic N) is 2. The molecule has 0 saturated carbocycles. The van der Waals surface area contributed by atoms with Crippen molar-refractivity contribution >= 4 is 0 Å². The zero-order valence-corrected chi connectivity index (χ0v) is 8.33. The molecule has 0 aliphatic heterocycles. The third kappa shape index (κ3) is 1.48. The summed E-state index contributed by atoms with van der Waals surface area (Å²) in [5, 5.41) is 4.39. The highest BCUT2D eigenvalue weighted by molar-refractivity contribution is 5.22. The van der Waals surface area contributed by atoms with Gasteiger partial charge in [0.1, 0.15) is 0 Å². The minimum absolute atomic E-state index is 0.345. The normalized spacial score (nSPS) is 22.0. The van der Waals surface area contributed by atoms with Gasteiger partial charge in [0, 0.05) is 17.8 Å². The van der Waals surface area contributed by atoms with Crippen molar-refractivity contribution in [3.05, 3.63) is 17.5 Å². The fourth-order valence-electron chi connectivity index (χ4n) is 2.02. The largest absolute Gasteiger partial charge is 0.327 e. The molecule has 1 aromatic rings. The summed E-state index contributed by atoms with van der Waals surface area (Å²) < 4.78 is 2.13. The number of fused-ring (bicyclic) bond motifs is 1. The van der Waals surface area contributed by atoms with Gasteiger partial charge in [-0.05, 0) is 38.7 Å². The molecular formula is C10H17N3. The summed E-state index contributed by atoms with van der Waals surface area (Å²) in [4.78, 5) is 0. The third-order valence-electron chi connectivity index (χ3n) is 2.71. The van der Waals surface area contributed by atoms with Crippen molar-refractivity contribution in [2.24, 2.45) is 5.73 Å². The second kappa shape index (κ2) is 3.14. The maximum absolute atomic E-state index is 5.90. The van der Waals surface area contributed by atoms with Crippen LogP contribution in [0.5, 0.6) is 0 Å². The molecule has 3 nitrogen and oxygen atoms in total.